The molecule has 2 amide bonds. The van der Waals surface area contributed by atoms with E-state index in [1.165, 1.54) is 30.3 Å². The largest absolute Gasteiger partial charge is 0.481 e. The summed E-state index contributed by atoms with van der Waals surface area (Å²) in [5.41, 5.74) is 0.544. The van der Waals surface area contributed by atoms with E-state index in [0.29, 0.717) is 12.1 Å². The highest BCUT2D eigenvalue weighted by atomic mass is 16.4. The topological polar surface area (TPSA) is 99.6 Å². The van der Waals surface area contributed by atoms with Crippen molar-refractivity contribution in [2.45, 2.75) is 13.3 Å². The first-order valence-electron chi connectivity index (χ1n) is 6.18. The second kappa shape index (κ2) is 7.22. The Morgan fingerprint density at radius 3 is 2.50 bits per heavy atom. The van der Waals surface area contributed by atoms with E-state index in [2.05, 4.69) is 10.3 Å². The number of carbonyl (C=O) groups is 3. The summed E-state index contributed by atoms with van der Waals surface area (Å²) in [5.74, 6) is -1.59. The van der Waals surface area contributed by atoms with Crippen LogP contribution in [0.3, 0.4) is 0 Å². The number of nitrogens with zero attached hydrogens (tertiary/aromatic N) is 2. The second-order valence-corrected chi connectivity index (χ2v) is 4.04. The Bertz CT molecular complexity index is 499. The molecule has 0 unspecified atom stereocenters. The second-order valence-electron chi connectivity index (χ2n) is 4.04. The van der Waals surface area contributed by atoms with E-state index in [1.54, 1.807) is 6.92 Å². The number of hydrogen-bond donors (Lipinski definition) is 2. The highest BCUT2D eigenvalue weighted by Gasteiger charge is 2.16. The van der Waals surface area contributed by atoms with Gasteiger partial charge < -0.3 is 15.3 Å². The molecule has 7 nitrogen and oxygen atoms in total. The van der Waals surface area contributed by atoms with Gasteiger partial charge in [0, 0.05) is 26.3 Å². The lowest BCUT2D eigenvalue weighted by atomic mass is 10.2. The van der Waals surface area contributed by atoms with Crippen molar-refractivity contribution in [2.75, 3.05) is 20.1 Å². The molecule has 0 radical (unpaired) electrons. The van der Waals surface area contributed by atoms with E-state index in [9.17, 15) is 14.4 Å². The van der Waals surface area contributed by atoms with Crippen LogP contribution in [0.25, 0.3) is 0 Å². The molecule has 0 aliphatic rings. The number of carboxylic acids is 1. The van der Waals surface area contributed by atoms with Crippen LogP contribution in [0, 0.1) is 0 Å². The molecule has 0 saturated carbocycles. The highest BCUT2D eigenvalue weighted by Crippen LogP contribution is 2.06. The molecule has 0 aliphatic carbocycles. The maximum absolute atomic E-state index is 12.1. The number of carbonyl (C=O) groups excluding carboxylic acids is 2. The van der Waals surface area contributed by atoms with Crippen LogP contribution in [0.2, 0.25) is 0 Å². The van der Waals surface area contributed by atoms with Crippen LogP contribution < -0.4 is 5.32 Å². The number of nitrogens with one attached hydrogen (secondary N) is 1. The van der Waals surface area contributed by atoms with Gasteiger partial charge in [-0.3, -0.25) is 19.4 Å². The van der Waals surface area contributed by atoms with E-state index in [4.69, 9.17) is 5.11 Å². The Hall–Kier alpha value is -2.44. The third-order valence-electron chi connectivity index (χ3n) is 2.73. The molecule has 1 heterocycles. The van der Waals surface area contributed by atoms with Crippen molar-refractivity contribution in [2.24, 2.45) is 0 Å². The van der Waals surface area contributed by atoms with Crippen LogP contribution in [0.15, 0.2) is 18.3 Å². The van der Waals surface area contributed by atoms with Gasteiger partial charge in [0.1, 0.15) is 5.69 Å². The molecule has 0 fully saturated rings. The van der Waals surface area contributed by atoms with Crippen molar-refractivity contribution in [3.63, 3.8) is 0 Å². The summed E-state index contributed by atoms with van der Waals surface area (Å²) >= 11 is 0. The first kappa shape index (κ1) is 15.6. The fourth-order valence-electron chi connectivity index (χ4n) is 1.60. The molecule has 20 heavy (non-hydrogen) atoms. The number of hydrogen-bond acceptors (Lipinski definition) is 4. The van der Waals surface area contributed by atoms with Crippen LogP contribution >= 0.6 is 0 Å². The molecule has 1 rings (SSSR count). The molecule has 108 valence electrons. The Balaban J connectivity index is 2.79. The molecule has 7 heteroatoms. The van der Waals surface area contributed by atoms with E-state index in [-0.39, 0.29) is 30.5 Å². The Labute approximate surface area is 116 Å². The molecule has 2 N–H and O–H groups in total. The molecular formula is C13H17N3O4. The van der Waals surface area contributed by atoms with Crippen molar-refractivity contribution < 1.29 is 19.5 Å². The molecule has 0 aliphatic heterocycles. The number of amides is 2. The molecular weight excluding hydrogens is 262 g/mol. The normalized spacial score (nSPS) is 9.90. The Morgan fingerprint density at radius 1 is 1.35 bits per heavy atom. The van der Waals surface area contributed by atoms with Gasteiger partial charge in [-0.25, -0.2) is 0 Å². The summed E-state index contributed by atoms with van der Waals surface area (Å²) in [4.78, 5) is 39.3. The van der Waals surface area contributed by atoms with Gasteiger partial charge in [-0.2, -0.15) is 0 Å². The lowest BCUT2D eigenvalue weighted by Gasteiger charge is -2.19. The van der Waals surface area contributed by atoms with Gasteiger partial charge >= 0.3 is 5.97 Å². The Morgan fingerprint density at radius 2 is 2.05 bits per heavy atom. The van der Waals surface area contributed by atoms with Crippen molar-refractivity contribution in [1.82, 2.24) is 15.2 Å². The summed E-state index contributed by atoms with van der Waals surface area (Å²) < 4.78 is 0. The standard InChI is InChI=1S/C13H17N3O4/c1-3-16(7-6-11(17)18)13(20)9-4-5-10(15-8-9)12(19)14-2/h4-5,8H,3,6-7H2,1-2H3,(H,14,19)(H,17,18). The third-order valence-corrected chi connectivity index (χ3v) is 2.73. The molecule has 0 bridgehead atoms. The van der Waals surface area contributed by atoms with E-state index in [0.717, 1.165) is 0 Å². The highest BCUT2D eigenvalue weighted by molar-refractivity contribution is 5.96. The quantitative estimate of drug-likeness (QED) is 0.784. The van der Waals surface area contributed by atoms with E-state index < -0.39 is 5.97 Å². The van der Waals surface area contributed by atoms with Crippen molar-refractivity contribution in [3.8, 4) is 0 Å². The zero-order valence-corrected chi connectivity index (χ0v) is 11.4. The number of aromatic nitrogens is 1. The van der Waals surface area contributed by atoms with Gasteiger partial charge in [-0.05, 0) is 19.1 Å². The zero-order chi connectivity index (χ0) is 15.1. The average molecular weight is 279 g/mol. The van der Waals surface area contributed by atoms with Gasteiger partial charge in [0.2, 0.25) is 0 Å². The summed E-state index contributed by atoms with van der Waals surface area (Å²) in [6, 6.07) is 2.96. The van der Waals surface area contributed by atoms with Gasteiger partial charge in [0.05, 0.1) is 12.0 Å². The van der Waals surface area contributed by atoms with Crippen LogP contribution in [0.4, 0.5) is 0 Å². The molecule has 1 aromatic rings. The fourth-order valence-corrected chi connectivity index (χ4v) is 1.60. The van der Waals surface area contributed by atoms with Crippen molar-refractivity contribution >= 4 is 17.8 Å². The van der Waals surface area contributed by atoms with Crippen molar-refractivity contribution in [1.29, 1.82) is 0 Å². The zero-order valence-electron chi connectivity index (χ0n) is 11.4. The Kier molecular flexibility index (Phi) is 5.64. The number of carboxylic acid groups (broad SMARTS) is 1. The SMILES string of the molecule is CCN(CCC(=O)O)C(=O)c1ccc(C(=O)NC)nc1. The van der Waals surface area contributed by atoms with Gasteiger partial charge in [-0.1, -0.05) is 0 Å². The lowest BCUT2D eigenvalue weighted by molar-refractivity contribution is -0.137. The maximum atomic E-state index is 12.1. The number of rotatable bonds is 6. The first-order chi connectivity index (χ1) is 9.49. The minimum Gasteiger partial charge on any atom is -0.481 e. The average Bonchev–Trinajstić information content (AvgIpc) is 2.46. The third kappa shape index (κ3) is 4.04. The first-order valence-corrected chi connectivity index (χ1v) is 6.18. The number of aliphatic carboxylic acids is 1. The smallest absolute Gasteiger partial charge is 0.305 e. The fraction of sp³-hybridized carbons (Fsp3) is 0.385. The predicted molar refractivity (Wildman–Crippen MR) is 71.5 cm³/mol. The molecule has 0 spiro atoms. The van der Waals surface area contributed by atoms with Crippen LogP contribution in [-0.2, 0) is 4.79 Å². The summed E-state index contributed by atoms with van der Waals surface area (Å²) in [6.07, 6.45) is 1.21. The maximum Gasteiger partial charge on any atom is 0.305 e. The molecule has 0 saturated heterocycles. The minimum atomic E-state index is -0.954. The summed E-state index contributed by atoms with van der Waals surface area (Å²) in [7, 11) is 1.49. The van der Waals surface area contributed by atoms with Crippen LogP contribution in [0.1, 0.15) is 34.2 Å². The van der Waals surface area contributed by atoms with Gasteiger partial charge in [0.25, 0.3) is 11.8 Å². The summed E-state index contributed by atoms with van der Waals surface area (Å²) in [6.45, 7) is 2.32. The molecule has 1 aromatic heterocycles. The monoisotopic (exact) mass is 279 g/mol. The van der Waals surface area contributed by atoms with Crippen molar-refractivity contribution in [3.05, 3.63) is 29.6 Å². The van der Waals surface area contributed by atoms with Gasteiger partial charge in [0.15, 0.2) is 0 Å². The van der Waals surface area contributed by atoms with E-state index in [1.807, 2.05) is 0 Å². The predicted octanol–water partition coefficient (Wildman–Crippen LogP) is 0.378. The minimum absolute atomic E-state index is 0.108. The van der Waals surface area contributed by atoms with Crippen LogP contribution in [0.5, 0.6) is 0 Å². The lowest BCUT2D eigenvalue weighted by Crippen LogP contribution is -2.33. The summed E-state index contributed by atoms with van der Waals surface area (Å²) in [5, 5.41) is 11.1. The number of pyridine rings is 1. The molecule has 0 atom stereocenters. The van der Waals surface area contributed by atoms with E-state index >= 15 is 0 Å². The molecule has 0 aromatic carbocycles. The van der Waals surface area contributed by atoms with Gasteiger partial charge in [-0.15, -0.1) is 0 Å². The van der Waals surface area contributed by atoms with Crippen LogP contribution in [-0.4, -0.2) is 52.9 Å².